The monoisotopic (exact) mass is 269 g/mol. The fraction of sp³-hybridized carbons (Fsp3) is 0.188. The molecule has 1 heterocycles. The summed E-state index contributed by atoms with van der Waals surface area (Å²) >= 11 is 0. The van der Waals surface area contributed by atoms with Crippen LogP contribution in [0, 0.1) is 0 Å². The Bertz CT molecular complexity index is 776. The second-order valence-corrected chi connectivity index (χ2v) is 4.76. The van der Waals surface area contributed by atoms with E-state index in [0.717, 1.165) is 27.5 Å². The molecule has 0 saturated heterocycles. The van der Waals surface area contributed by atoms with Gasteiger partial charge in [0.2, 0.25) is 0 Å². The van der Waals surface area contributed by atoms with Crippen molar-refractivity contribution in [3.05, 3.63) is 48.0 Å². The zero-order valence-corrected chi connectivity index (χ0v) is 11.1. The number of hydrogen-bond donors (Lipinski definition) is 1. The quantitative estimate of drug-likeness (QED) is 0.742. The molecule has 0 fully saturated rings. The van der Waals surface area contributed by atoms with Crippen LogP contribution in [0.25, 0.3) is 21.9 Å². The Kier molecular flexibility index (Phi) is 3.16. The van der Waals surface area contributed by atoms with Crippen molar-refractivity contribution in [1.82, 2.24) is 0 Å². The molecular weight excluding hydrogens is 254 g/mol. The Labute approximate surface area is 116 Å². The largest absolute Gasteiger partial charge is 0.468 e. The molecule has 1 unspecified atom stereocenters. The minimum atomic E-state index is -0.651. The number of carbonyl (C=O) groups excluding carboxylic acids is 1. The standard InChI is InChI=1S/C16H15NO3/c1-19-16(18)13(17)8-10-6-7-12-11-4-2-3-5-14(11)20-15(12)9-10/h2-7,9,13H,8,17H2,1H3. The maximum atomic E-state index is 11.3. The molecule has 0 aliphatic heterocycles. The van der Waals surface area contributed by atoms with E-state index in [1.54, 1.807) is 0 Å². The normalized spacial score (nSPS) is 12.7. The molecule has 0 radical (unpaired) electrons. The molecule has 2 N–H and O–H groups in total. The van der Waals surface area contributed by atoms with Gasteiger partial charge in [0.05, 0.1) is 7.11 Å². The third-order valence-corrected chi connectivity index (χ3v) is 3.40. The maximum Gasteiger partial charge on any atom is 0.322 e. The van der Waals surface area contributed by atoms with Crippen LogP contribution < -0.4 is 5.73 Å². The van der Waals surface area contributed by atoms with E-state index < -0.39 is 12.0 Å². The van der Waals surface area contributed by atoms with Gasteiger partial charge in [0.15, 0.2) is 0 Å². The highest BCUT2D eigenvalue weighted by atomic mass is 16.5. The number of para-hydroxylation sites is 1. The summed E-state index contributed by atoms with van der Waals surface area (Å²) in [5.41, 5.74) is 8.39. The van der Waals surface area contributed by atoms with Crippen LogP contribution in [0.3, 0.4) is 0 Å². The highest BCUT2D eigenvalue weighted by Gasteiger charge is 2.15. The molecular formula is C16H15NO3. The molecule has 102 valence electrons. The van der Waals surface area contributed by atoms with Gasteiger partial charge in [-0.05, 0) is 24.1 Å². The van der Waals surface area contributed by atoms with Crippen molar-refractivity contribution >= 4 is 27.9 Å². The Morgan fingerprint density at radius 3 is 2.75 bits per heavy atom. The van der Waals surface area contributed by atoms with Gasteiger partial charge >= 0.3 is 5.97 Å². The Morgan fingerprint density at radius 1 is 1.20 bits per heavy atom. The highest BCUT2D eigenvalue weighted by Crippen LogP contribution is 2.29. The summed E-state index contributed by atoms with van der Waals surface area (Å²) in [5, 5.41) is 2.15. The molecule has 4 nitrogen and oxygen atoms in total. The van der Waals surface area contributed by atoms with Crippen LogP contribution >= 0.6 is 0 Å². The second kappa shape index (κ2) is 4.98. The third-order valence-electron chi connectivity index (χ3n) is 3.40. The van der Waals surface area contributed by atoms with Gasteiger partial charge in [0.25, 0.3) is 0 Å². The van der Waals surface area contributed by atoms with E-state index >= 15 is 0 Å². The first-order valence-electron chi connectivity index (χ1n) is 6.42. The molecule has 0 amide bonds. The number of methoxy groups -OCH3 is 1. The van der Waals surface area contributed by atoms with Crippen LogP contribution in [0.1, 0.15) is 5.56 Å². The minimum Gasteiger partial charge on any atom is -0.468 e. The summed E-state index contributed by atoms with van der Waals surface area (Å²) in [5.74, 6) is -0.408. The number of hydrogen-bond acceptors (Lipinski definition) is 4. The first kappa shape index (κ1) is 12.7. The van der Waals surface area contributed by atoms with Crippen molar-refractivity contribution in [2.75, 3.05) is 7.11 Å². The molecule has 3 rings (SSSR count). The van der Waals surface area contributed by atoms with E-state index in [1.165, 1.54) is 7.11 Å². The first-order chi connectivity index (χ1) is 9.69. The maximum absolute atomic E-state index is 11.3. The van der Waals surface area contributed by atoms with Crippen molar-refractivity contribution in [3.8, 4) is 0 Å². The fourth-order valence-electron chi connectivity index (χ4n) is 2.39. The summed E-state index contributed by atoms with van der Waals surface area (Å²) in [6, 6.07) is 13.1. The van der Waals surface area contributed by atoms with Crippen LogP contribution in [-0.2, 0) is 16.0 Å². The van der Waals surface area contributed by atoms with Gasteiger partial charge in [-0.1, -0.05) is 30.3 Å². The van der Waals surface area contributed by atoms with E-state index in [0.29, 0.717) is 6.42 Å². The average Bonchev–Trinajstić information content (AvgIpc) is 2.83. The lowest BCUT2D eigenvalue weighted by atomic mass is 10.0. The van der Waals surface area contributed by atoms with Gasteiger partial charge < -0.3 is 14.9 Å². The topological polar surface area (TPSA) is 65.5 Å². The van der Waals surface area contributed by atoms with E-state index in [4.69, 9.17) is 10.2 Å². The van der Waals surface area contributed by atoms with E-state index in [1.807, 2.05) is 42.5 Å². The van der Waals surface area contributed by atoms with E-state index in [-0.39, 0.29) is 0 Å². The number of furan rings is 1. The number of fused-ring (bicyclic) bond motifs is 3. The first-order valence-corrected chi connectivity index (χ1v) is 6.42. The van der Waals surface area contributed by atoms with Crippen molar-refractivity contribution in [2.45, 2.75) is 12.5 Å². The van der Waals surface area contributed by atoms with Crippen molar-refractivity contribution < 1.29 is 13.9 Å². The predicted molar refractivity (Wildman–Crippen MR) is 77.4 cm³/mol. The predicted octanol–water partition coefficient (Wildman–Crippen LogP) is 2.63. The molecule has 1 atom stereocenters. The summed E-state index contributed by atoms with van der Waals surface area (Å²) in [7, 11) is 1.34. The van der Waals surface area contributed by atoms with Crippen molar-refractivity contribution in [1.29, 1.82) is 0 Å². The molecule has 0 bridgehead atoms. The summed E-state index contributed by atoms with van der Waals surface area (Å²) in [4.78, 5) is 11.3. The van der Waals surface area contributed by atoms with Crippen molar-refractivity contribution in [3.63, 3.8) is 0 Å². The molecule has 1 aromatic heterocycles. The molecule has 0 spiro atoms. The third kappa shape index (κ3) is 2.14. The summed E-state index contributed by atoms with van der Waals surface area (Å²) < 4.78 is 10.4. The number of esters is 1. The van der Waals surface area contributed by atoms with Crippen LogP contribution in [0.5, 0.6) is 0 Å². The van der Waals surface area contributed by atoms with Gasteiger partial charge in [-0.25, -0.2) is 0 Å². The minimum absolute atomic E-state index is 0.408. The van der Waals surface area contributed by atoms with Gasteiger partial charge in [-0.15, -0.1) is 0 Å². The van der Waals surface area contributed by atoms with E-state index in [2.05, 4.69) is 4.74 Å². The molecule has 4 heteroatoms. The van der Waals surface area contributed by atoms with Gasteiger partial charge in [-0.2, -0.15) is 0 Å². The van der Waals surface area contributed by atoms with Crippen LogP contribution in [0.15, 0.2) is 46.9 Å². The number of ether oxygens (including phenoxy) is 1. The Morgan fingerprint density at radius 2 is 1.95 bits per heavy atom. The number of benzene rings is 2. The van der Waals surface area contributed by atoms with Gasteiger partial charge in [0.1, 0.15) is 17.2 Å². The zero-order chi connectivity index (χ0) is 14.1. The molecule has 0 aliphatic rings. The lowest BCUT2D eigenvalue weighted by Crippen LogP contribution is -2.33. The number of carbonyl (C=O) groups is 1. The van der Waals surface area contributed by atoms with Crippen LogP contribution in [-0.4, -0.2) is 19.1 Å². The zero-order valence-electron chi connectivity index (χ0n) is 11.1. The SMILES string of the molecule is COC(=O)C(N)Cc1ccc2c(c1)oc1ccccc12. The highest BCUT2D eigenvalue weighted by molar-refractivity contribution is 6.04. The smallest absolute Gasteiger partial charge is 0.322 e. The molecule has 0 saturated carbocycles. The molecule has 2 aromatic carbocycles. The summed E-state index contributed by atoms with van der Waals surface area (Å²) in [6.07, 6.45) is 0.430. The van der Waals surface area contributed by atoms with E-state index in [9.17, 15) is 4.79 Å². The van der Waals surface area contributed by atoms with Gasteiger partial charge in [-0.3, -0.25) is 4.79 Å². The summed E-state index contributed by atoms with van der Waals surface area (Å²) in [6.45, 7) is 0. The van der Waals surface area contributed by atoms with Crippen molar-refractivity contribution in [2.24, 2.45) is 5.73 Å². The van der Waals surface area contributed by atoms with Gasteiger partial charge in [0, 0.05) is 10.8 Å². The Balaban J connectivity index is 1.98. The molecule has 0 aliphatic carbocycles. The number of rotatable bonds is 3. The fourth-order valence-corrected chi connectivity index (χ4v) is 2.39. The Hall–Kier alpha value is -2.33. The average molecular weight is 269 g/mol. The lowest BCUT2D eigenvalue weighted by Gasteiger charge is -2.08. The lowest BCUT2D eigenvalue weighted by molar-refractivity contribution is -0.142. The van der Waals surface area contributed by atoms with Crippen LogP contribution in [0.2, 0.25) is 0 Å². The molecule has 20 heavy (non-hydrogen) atoms. The second-order valence-electron chi connectivity index (χ2n) is 4.76. The van der Waals surface area contributed by atoms with Crippen LogP contribution in [0.4, 0.5) is 0 Å². The number of nitrogens with two attached hydrogens (primary N) is 1. The molecule has 3 aromatic rings.